The molecule has 0 rings (SSSR count). The van der Waals surface area contributed by atoms with Crippen LogP contribution in [0.1, 0.15) is 0 Å². The minimum absolute atomic E-state index is 0. The van der Waals surface area contributed by atoms with Crippen molar-refractivity contribution in [2.75, 3.05) is 5.88 Å². The predicted molar refractivity (Wildman–Crippen MR) is 26.9 cm³/mol. The van der Waals surface area contributed by atoms with Crippen LogP contribution in [0.3, 0.4) is 0 Å². The fraction of sp³-hybridized carbons (Fsp3) is 0.500. The van der Waals surface area contributed by atoms with Crippen LogP contribution < -0.4 is 0 Å². The van der Waals surface area contributed by atoms with Crippen molar-refractivity contribution < 1.29 is 9.90 Å². The molecule has 0 amide bonds. The molecule has 0 atom stereocenters. The van der Waals surface area contributed by atoms with E-state index >= 15 is 0 Å². The second-order valence-electron chi connectivity index (χ2n) is 0.527. The van der Waals surface area contributed by atoms with Crippen LogP contribution in [0.5, 0.6) is 0 Å². The number of rotatable bonds is 1. The summed E-state index contributed by atoms with van der Waals surface area (Å²) in [5.41, 5.74) is 0. The van der Waals surface area contributed by atoms with E-state index in [1.54, 1.807) is 0 Å². The first-order chi connectivity index (χ1) is 2.27. The third-order valence-corrected chi connectivity index (χ3v) is 0.343. The van der Waals surface area contributed by atoms with E-state index in [0.717, 1.165) is 0 Å². The van der Waals surface area contributed by atoms with Crippen molar-refractivity contribution in [2.45, 2.75) is 0 Å². The molecule has 0 aliphatic heterocycles. The molecule has 0 aromatic heterocycles. The quantitative estimate of drug-likeness (QED) is 0.386. The summed E-state index contributed by atoms with van der Waals surface area (Å²) in [4.78, 5) is 9.24. The van der Waals surface area contributed by atoms with Gasteiger partial charge in [-0.2, -0.15) is 0 Å². The summed E-state index contributed by atoms with van der Waals surface area (Å²) < 4.78 is 0. The van der Waals surface area contributed by atoms with Gasteiger partial charge in [0.25, 0.3) is 0 Å². The van der Waals surface area contributed by atoms with E-state index in [1.165, 1.54) is 0 Å². The summed E-state index contributed by atoms with van der Waals surface area (Å²) in [6.45, 7) is 0. The van der Waals surface area contributed by atoms with E-state index in [-0.39, 0.29) is 43.6 Å². The second kappa shape index (κ2) is 6.02. The topological polar surface area (TPSA) is 37.3 Å². The third-order valence-electron chi connectivity index (χ3n) is 0.114. The Kier molecular flexibility index (Phi) is 10.1. The summed E-state index contributed by atoms with van der Waals surface area (Å²) in [5, 5.41) is 7.59. The molecule has 0 aromatic carbocycles. The molecule has 0 heterocycles. The average molecular weight is 137 g/mol. The minimum atomic E-state index is -0.980. The second-order valence-corrected chi connectivity index (χ2v) is 0.795. The van der Waals surface area contributed by atoms with E-state index in [2.05, 4.69) is 0 Å². The van der Waals surface area contributed by atoms with Gasteiger partial charge in [-0.25, -0.2) is 0 Å². The molecule has 2 nitrogen and oxygen atoms in total. The zero-order valence-corrected chi connectivity index (χ0v) is 3.20. The van der Waals surface area contributed by atoms with Crippen LogP contribution in [0, 0.1) is 0 Å². The van der Waals surface area contributed by atoms with Gasteiger partial charge < -0.3 is 5.11 Å². The number of halogens is 1. The van der Waals surface area contributed by atoms with E-state index in [9.17, 15) is 4.79 Å². The Hall–Kier alpha value is 1.02. The monoisotopic (exact) mass is 136 g/mol. The van der Waals surface area contributed by atoms with Crippen LogP contribution in [-0.2, 0) is 4.79 Å². The summed E-state index contributed by atoms with van der Waals surface area (Å²) in [6.07, 6.45) is 0. The first-order valence-corrected chi connectivity index (χ1v) is 1.58. The molecule has 0 fully saturated rings. The molecule has 0 saturated carbocycles. The maximum absolute atomic E-state index is 9.24. The number of alkyl halides is 1. The SMILES string of the molecule is O=C(O)CCl.[CaH2]. The Morgan fingerprint density at radius 1 is 1.83 bits per heavy atom. The van der Waals surface area contributed by atoms with E-state index in [0.29, 0.717) is 0 Å². The molecule has 4 heteroatoms. The van der Waals surface area contributed by atoms with Crippen molar-refractivity contribution >= 4 is 55.3 Å². The van der Waals surface area contributed by atoms with Crippen LogP contribution in [0.25, 0.3) is 0 Å². The van der Waals surface area contributed by atoms with Crippen molar-refractivity contribution in [3.63, 3.8) is 0 Å². The Bertz CT molecular complexity index is 46.8. The molecule has 6 heavy (non-hydrogen) atoms. The van der Waals surface area contributed by atoms with Crippen LogP contribution >= 0.6 is 11.6 Å². The van der Waals surface area contributed by atoms with Crippen LogP contribution in [0.2, 0.25) is 0 Å². The third kappa shape index (κ3) is 8.89. The summed E-state index contributed by atoms with van der Waals surface area (Å²) in [7, 11) is 0. The summed E-state index contributed by atoms with van der Waals surface area (Å²) in [5.74, 6) is -1.29. The maximum atomic E-state index is 9.24. The van der Waals surface area contributed by atoms with Crippen LogP contribution in [-0.4, -0.2) is 54.7 Å². The molecule has 0 radical (unpaired) electrons. The molecule has 0 saturated heterocycles. The van der Waals surface area contributed by atoms with Crippen LogP contribution in [0.4, 0.5) is 0 Å². The van der Waals surface area contributed by atoms with Gasteiger partial charge in [-0.3, -0.25) is 4.79 Å². The number of aliphatic carboxylic acids is 1. The first-order valence-electron chi connectivity index (χ1n) is 1.05. The van der Waals surface area contributed by atoms with Crippen molar-refractivity contribution in [2.24, 2.45) is 0 Å². The Morgan fingerprint density at radius 2 is 2.00 bits per heavy atom. The van der Waals surface area contributed by atoms with Gasteiger partial charge in [0, 0.05) is 0 Å². The molecule has 0 aromatic rings. The van der Waals surface area contributed by atoms with Crippen molar-refractivity contribution in [3.8, 4) is 0 Å². The molecule has 0 aliphatic rings. The molecule has 0 aliphatic carbocycles. The van der Waals surface area contributed by atoms with Gasteiger partial charge in [0.2, 0.25) is 0 Å². The van der Waals surface area contributed by atoms with Gasteiger partial charge in [-0.15, -0.1) is 11.6 Å². The van der Waals surface area contributed by atoms with Gasteiger partial charge in [-0.1, -0.05) is 0 Å². The fourth-order valence-corrected chi connectivity index (χ4v) is 0. The number of carboxylic acid groups (broad SMARTS) is 1. The summed E-state index contributed by atoms with van der Waals surface area (Å²) in [6, 6.07) is 0. The van der Waals surface area contributed by atoms with E-state index < -0.39 is 5.97 Å². The number of carbonyl (C=O) groups is 1. The molecule has 0 bridgehead atoms. The van der Waals surface area contributed by atoms with Gasteiger partial charge in [0.05, 0.1) is 0 Å². The number of carboxylic acids is 1. The van der Waals surface area contributed by atoms with Gasteiger partial charge >= 0.3 is 43.7 Å². The Labute approximate surface area is 70.5 Å². The van der Waals surface area contributed by atoms with Crippen molar-refractivity contribution in [1.82, 2.24) is 0 Å². The normalized spacial score (nSPS) is 6.17. The molecule has 1 N–H and O–H groups in total. The van der Waals surface area contributed by atoms with Gasteiger partial charge in [-0.05, 0) is 0 Å². The molecular weight excluding hydrogens is 132 g/mol. The van der Waals surface area contributed by atoms with Crippen molar-refractivity contribution in [1.29, 1.82) is 0 Å². The zero-order chi connectivity index (χ0) is 4.28. The van der Waals surface area contributed by atoms with Gasteiger partial charge in [0.15, 0.2) is 0 Å². The van der Waals surface area contributed by atoms with E-state index in [1.807, 2.05) is 0 Å². The molecule has 0 unspecified atom stereocenters. The molecule has 34 valence electrons. The number of hydrogen-bond acceptors (Lipinski definition) is 1. The van der Waals surface area contributed by atoms with Crippen molar-refractivity contribution in [3.05, 3.63) is 0 Å². The fourth-order valence-electron chi connectivity index (χ4n) is 0. The predicted octanol–water partition coefficient (Wildman–Crippen LogP) is -0.606. The standard InChI is InChI=1S/C2H3ClO2.Ca.2H/c3-1-2(4)5;;;/h1H2,(H,4,5);;;. The zero-order valence-electron chi connectivity index (χ0n) is 2.44. The molecule has 0 spiro atoms. The molecular formula is C2H5CaClO2. The summed E-state index contributed by atoms with van der Waals surface area (Å²) >= 11 is 4.74. The Morgan fingerprint density at radius 3 is 2.00 bits per heavy atom. The Balaban J connectivity index is 0. The van der Waals surface area contributed by atoms with Crippen LogP contribution in [0.15, 0.2) is 0 Å². The number of hydrogen-bond donors (Lipinski definition) is 1. The van der Waals surface area contributed by atoms with E-state index in [4.69, 9.17) is 16.7 Å². The van der Waals surface area contributed by atoms with Gasteiger partial charge in [0.1, 0.15) is 5.88 Å². The first kappa shape index (κ1) is 10.1. The average Bonchev–Trinajstić information content (AvgIpc) is 1.38.